The van der Waals surface area contributed by atoms with Crippen LogP contribution in [0.15, 0.2) is 24.3 Å². The number of esters is 1. The van der Waals surface area contributed by atoms with Gasteiger partial charge >= 0.3 is 13.7 Å². The first-order chi connectivity index (χ1) is 13.4. The number of hydrogen-bond donors (Lipinski definition) is 1. The number of non-ortho nitro benzene ring substituents is 1. The highest BCUT2D eigenvalue weighted by Gasteiger charge is 2.32. The number of methoxy groups -OCH3 is 1. The molecule has 29 heavy (non-hydrogen) atoms. The van der Waals surface area contributed by atoms with Gasteiger partial charge in [0.25, 0.3) is 5.69 Å². The molecule has 0 radical (unpaired) electrons. The minimum atomic E-state index is -4.05. The van der Waals surface area contributed by atoms with Crippen molar-refractivity contribution in [2.75, 3.05) is 19.5 Å². The van der Waals surface area contributed by atoms with E-state index in [2.05, 4.69) is 9.82 Å². The molecule has 1 unspecified atom stereocenters. The summed E-state index contributed by atoms with van der Waals surface area (Å²) < 4.78 is 28.4. The highest BCUT2D eigenvalue weighted by molar-refractivity contribution is 8.13. The van der Waals surface area contributed by atoms with E-state index in [0.717, 1.165) is 11.8 Å². The molecule has 1 aromatic carbocycles. The van der Waals surface area contributed by atoms with Gasteiger partial charge in [-0.1, -0.05) is 32.5 Å². The van der Waals surface area contributed by atoms with Crippen LogP contribution in [0.1, 0.15) is 27.7 Å². The maximum absolute atomic E-state index is 13.1. The third-order valence-electron chi connectivity index (χ3n) is 3.37. The maximum atomic E-state index is 13.1. The first-order valence-corrected chi connectivity index (χ1v) is 11.1. The number of hydrogen-bond acceptors (Lipinski definition) is 9. The summed E-state index contributed by atoms with van der Waals surface area (Å²) in [6.07, 6.45) is 0. The van der Waals surface area contributed by atoms with Crippen molar-refractivity contribution in [1.82, 2.24) is 5.09 Å². The van der Waals surface area contributed by atoms with Gasteiger partial charge in [0.1, 0.15) is 11.8 Å². The van der Waals surface area contributed by atoms with Gasteiger partial charge in [0.15, 0.2) is 5.12 Å². The first-order valence-electron chi connectivity index (χ1n) is 8.59. The summed E-state index contributed by atoms with van der Waals surface area (Å²) in [7, 11) is -2.87. The van der Waals surface area contributed by atoms with Gasteiger partial charge < -0.3 is 9.26 Å². The first kappa shape index (κ1) is 25.1. The quantitative estimate of drug-likeness (QED) is 0.186. The van der Waals surface area contributed by atoms with Crippen LogP contribution in [0.2, 0.25) is 0 Å². The Balaban J connectivity index is 2.85. The number of ether oxygens (including phenoxy) is 1. The summed E-state index contributed by atoms with van der Waals surface area (Å²) in [5, 5.41) is 13.1. The lowest BCUT2D eigenvalue weighted by Crippen LogP contribution is -2.34. The number of nitrogens with zero attached hydrogens (tertiary/aromatic N) is 1. The minimum Gasteiger partial charge on any atom is -0.468 e. The van der Waals surface area contributed by atoms with Gasteiger partial charge in [0, 0.05) is 23.3 Å². The summed E-state index contributed by atoms with van der Waals surface area (Å²) in [4.78, 5) is 33.8. The van der Waals surface area contributed by atoms with Crippen LogP contribution in [-0.4, -0.2) is 41.5 Å². The molecule has 0 spiro atoms. The van der Waals surface area contributed by atoms with Gasteiger partial charge in [-0.2, -0.15) is 5.09 Å². The second kappa shape index (κ2) is 10.7. The van der Waals surface area contributed by atoms with E-state index in [4.69, 9.17) is 9.05 Å². The van der Waals surface area contributed by atoms with Crippen LogP contribution < -0.4 is 9.61 Å². The fraction of sp³-hybridized carbons (Fsp3) is 0.529. The molecule has 0 saturated carbocycles. The molecule has 0 aliphatic carbocycles. The van der Waals surface area contributed by atoms with E-state index in [1.807, 2.05) is 0 Å². The van der Waals surface area contributed by atoms with Gasteiger partial charge in [-0.25, -0.2) is 4.57 Å². The van der Waals surface area contributed by atoms with E-state index in [1.54, 1.807) is 20.8 Å². The highest BCUT2D eigenvalue weighted by Crippen LogP contribution is 2.45. The predicted octanol–water partition coefficient (Wildman–Crippen LogP) is 3.56. The Kier molecular flexibility index (Phi) is 9.28. The molecule has 1 N–H and O–H groups in total. The number of nitro groups is 1. The van der Waals surface area contributed by atoms with Gasteiger partial charge in [0.2, 0.25) is 0 Å². The van der Waals surface area contributed by atoms with Gasteiger partial charge in [-0.15, -0.1) is 0 Å². The van der Waals surface area contributed by atoms with E-state index in [0.29, 0.717) is 0 Å². The summed E-state index contributed by atoms with van der Waals surface area (Å²) in [5.41, 5.74) is -0.692. The van der Waals surface area contributed by atoms with Gasteiger partial charge in [0.05, 0.1) is 18.6 Å². The third kappa shape index (κ3) is 8.53. The van der Waals surface area contributed by atoms with Crippen LogP contribution in [0.4, 0.5) is 5.69 Å². The number of rotatable bonds is 10. The molecule has 0 heterocycles. The van der Waals surface area contributed by atoms with Crippen molar-refractivity contribution in [3.8, 4) is 5.75 Å². The molecular formula is C17H25N2O8PS. The topological polar surface area (TPSA) is 134 Å². The van der Waals surface area contributed by atoms with Gasteiger partial charge in [-0.3, -0.25) is 24.2 Å². The Morgan fingerprint density at radius 1 is 1.28 bits per heavy atom. The van der Waals surface area contributed by atoms with Crippen molar-refractivity contribution in [1.29, 1.82) is 0 Å². The molecule has 0 fully saturated rings. The largest absolute Gasteiger partial charge is 0.468 e. The van der Waals surface area contributed by atoms with Crippen molar-refractivity contribution in [2.24, 2.45) is 5.41 Å². The fourth-order valence-corrected chi connectivity index (χ4v) is 4.23. The second-order valence-corrected chi connectivity index (χ2v) is 9.69. The number of nitrogens with one attached hydrogen (secondary N) is 1. The Labute approximate surface area is 173 Å². The standard InChI is InChI=1S/C17H25N2O8PS/c1-12(15(20)25-5)18-28(24,26-10-11-29-16(21)17(2,3)4)27-14-8-6-13(7-9-14)19(22)23/h6-9,12H,10-11H2,1-5H3,(H,18,24)/t12-,28?/m0/s1. The van der Waals surface area contributed by atoms with E-state index in [1.165, 1.54) is 38.3 Å². The molecule has 1 rings (SSSR count). The monoisotopic (exact) mass is 448 g/mol. The molecule has 10 nitrogen and oxygen atoms in total. The number of carbonyl (C=O) groups excluding carboxylic acids is 2. The zero-order valence-electron chi connectivity index (χ0n) is 16.9. The lowest BCUT2D eigenvalue weighted by molar-refractivity contribution is -0.384. The van der Waals surface area contributed by atoms with Crippen LogP contribution in [0.25, 0.3) is 0 Å². The van der Waals surface area contributed by atoms with E-state index in [-0.39, 0.29) is 28.9 Å². The zero-order valence-corrected chi connectivity index (χ0v) is 18.6. The fourth-order valence-electron chi connectivity index (χ4n) is 1.83. The Hall–Kier alpha value is -1.94. The highest BCUT2D eigenvalue weighted by atomic mass is 32.2. The molecule has 0 aliphatic rings. The molecule has 162 valence electrons. The average Bonchev–Trinajstić information content (AvgIpc) is 2.63. The molecule has 0 saturated heterocycles. The van der Waals surface area contributed by atoms with Crippen LogP contribution in [0.5, 0.6) is 5.75 Å². The third-order valence-corrected chi connectivity index (χ3v) is 6.29. The molecule has 0 bridgehead atoms. The van der Waals surface area contributed by atoms with Crippen molar-refractivity contribution >= 4 is 36.3 Å². The summed E-state index contributed by atoms with van der Waals surface area (Å²) in [6, 6.07) is 3.88. The summed E-state index contributed by atoms with van der Waals surface area (Å²) in [6.45, 7) is 6.67. The van der Waals surface area contributed by atoms with Crippen LogP contribution in [-0.2, 0) is 23.4 Å². The van der Waals surface area contributed by atoms with Crippen molar-refractivity contribution in [3.05, 3.63) is 34.4 Å². The smallest absolute Gasteiger partial charge is 0.459 e. The molecule has 2 atom stereocenters. The van der Waals surface area contributed by atoms with Crippen LogP contribution in [0.3, 0.4) is 0 Å². The molecule has 0 amide bonds. The minimum absolute atomic E-state index is 0.0434. The predicted molar refractivity (Wildman–Crippen MR) is 109 cm³/mol. The number of thioether (sulfide) groups is 1. The molecule has 12 heteroatoms. The summed E-state index contributed by atoms with van der Waals surface area (Å²) in [5.74, 6) is -0.418. The number of nitro benzene ring substituents is 1. The Morgan fingerprint density at radius 2 is 1.86 bits per heavy atom. The Bertz CT molecular complexity index is 779. The van der Waals surface area contributed by atoms with E-state index in [9.17, 15) is 24.3 Å². The van der Waals surface area contributed by atoms with Crippen molar-refractivity contribution in [3.63, 3.8) is 0 Å². The maximum Gasteiger partial charge on any atom is 0.459 e. The normalized spacial score (nSPS) is 14.5. The summed E-state index contributed by atoms with van der Waals surface area (Å²) >= 11 is 1.03. The zero-order chi connectivity index (χ0) is 22.2. The number of benzene rings is 1. The van der Waals surface area contributed by atoms with Crippen LogP contribution >= 0.6 is 19.5 Å². The Morgan fingerprint density at radius 3 is 2.34 bits per heavy atom. The van der Waals surface area contributed by atoms with Crippen molar-refractivity contribution < 1.29 is 32.9 Å². The van der Waals surface area contributed by atoms with E-state index >= 15 is 0 Å². The lowest BCUT2D eigenvalue weighted by atomic mass is 10.00. The van der Waals surface area contributed by atoms with Crippen LogP contribution in [0, 0.1) is 15.5 Å². The molecule has 0 aromatic heterocycles. The molecule has 0 aliphatic heterocycles. The molecule has 1 aromatic rings. The SMILES string of the molecule is COC(=O)[C@H](C)NP(=O)(OCCSC(=O)C(C)(C)C)Oc1ccc([N+](=O)[O-])cc1. The lowest BCUT2D eigenvalue weighted by Gasteiger charge is -2.22. The second-order valence-electron chi connectivity index (χ2n) is 6.93. The van der Waals surface area contributed by atoms with Gasteiger partial charge in [-0.05, 0) is 19.1 Å². The number of carbonyl (C=O) groups is 2. The van der Waals surface area contributed by atoms with Crippen molar-refractivity contribution in [2.45, 2.75) is 33.7 Å². The average molecular weight is 448 g/mol. The molecular weight excluding hydrogens is 423 g/mol. The van der Waals surface area contributed by atoms with E-state index < -0.39 is 30.1 Å².